The lowest BCUT2D eigenvalue weighted by Crippen LogP contribution is -2.37. The Balaban J connectivity index is 2.43. The van der Waals surface area contributed by atoms with Crippen LogP contribution in [0.25, 0.3) is 0 Å². The molecule has 1 aliphatic heterocycles. The van der Waals surface area contributed by atoms with Gasteiger partial charge in [-0.15, -0.1) is 0 Å². The molecular formula is C8H10N2O2. The molecule has 1 aromatic heterocycles. The minimum absolute atomic E-state index is 0.120. The normalized spacial score (nSPS) is 17.3. The van der Waals surface area contributed by atoms with E-state index in [0.29, 0.717) is 18.9 Å². The highest BCUT2D eigenvalue weighted by Gasteiger charge is 2.21. The lowest BCUT2D eigenvalue weighted by atomic mass is 10.2. The topological polar surface area (TPSA) is 57.2 Å². The minimum Gasteiger partial charge on any atom is -0.394 e. The molecule has 0 aliphatic carbocycles. The Kier molecular flexibility index (Phi) is 1.62. The molecule has 0 saturated carbocycles. The third-order valence-corrected chi connectivity index (χ3v) is 2.02. The lowest BCUT2D eigenvalue weighted by molar-refractivity contribution is -0.0247. The van der Waals surface area contributed by atoms with Crippen LogP contribution in [0.1, 0.15) is 6.04 Å². The van der Waals surface area contributed by atoms with Gasteiger partial charge in [0.1, 0.15) is 0 Å². The van der Waals surface area contributed by atoms with E-state index >= 15 is 0 Å². The molecule has 1 saturated heterocycles. The smallest absolute Gasteiger partial charge is 0.274 e. The predicted molar refractivity (Wildman–Crippen MR) is 45.0 cm³/mol. The van der Waals surface area contributed by atoms with Crippen molar-refractivity contribution in [2.75, 3.05) is 18.9 Å². The maximum Gasteiger partial charge on any atom is 0.274 e. The van der Waals surface area contributed by atoms with E-state index < -0.39 is 0 Å². The molecule has 0 amide bonds. The monoisotopic (exact) mass is 166 g/mol. The van der Waals surface area contributed by atoms with Gasteiger partial charge in [0, 0.05) is 6.20 Å². The van der Waals surface area contributed by atoms with E-state index in [0.717, 1.165) is 0 Å². The summed E-state index contributed by atoms with van der Waals surface area (Å²) in [7, 11) is 0. The van der Waals surface area contributed by atoms with Gasteiger partial charge in [-0.3, -0.25) is 4.79 Å². The SMILES string of the molecule is Nc1cccn(C2COC2)c1=O. The van der Waals surface area contributed by atoms with E-state index in [9.17, 15) is 4.79 Å². The van der Waals surface area contributed by atoms with Crippen molar-refractivity contribution in [3.63, 3.8) is 0 Å². The van der Waals surface area contributed by atoms with Crippen LogP contribution in [0, 0.1) is 0 Å². The molecular weight excluding hydrogens is 156 g/mol. The van der Waals surface area contributed by atoms with Crippen LogP contribution >= 0.6 is 0 Å². The van der Waals surface area contributed by atoms with E-state index in [1.165, 1.54) is 0 Å². The summed E-state index contributed by atoms with van der Waals surface area (Å²) in [6.45, 7) is 1.23. The summed E-state index contributed by atoms with van der Waals surface area (Å²) in [4.78, 5) is 11.4. The van der Waals surface area contributed by atoms with Crippen molar-refractivity contribution in [2.24, 2.45) is 0 Å². The molecule has 0 spiro atoms. The third-order valence-electron chi connectivity index (χ3n) is 2.02. The first kappa shape index (κ1) is 7.36. The molecule has 0 aromatic carbocycles. The van der Waals surface area contributed by atoms with E-state index in [1.807, 2.05) is 0 Å². The number of hydrogen-bond donors (Lipinski definition) is 1. The molecule has 4 nitrogen and oxygen atoms in total. The van der Waals surface area contributed by atoms with E-state index in [-0.39, 0.29) is 11.6 Å². The summed E-state index contributed by atoms with van der Waals surface area (Å²) in [5.41, 5.74) is 5.64. The molecule has 1 aromatic rings. The molecule has 2 rings (SSSR count). The van der Waals surface area contributed by atoms with E-state index in [4.69, 9.17) is 10.5 Å². The Morgan fingerprint density at radius 2 is 2.33 bits per heavy atom. The third kappa shape index (κ3) is 1.00. The van der Waals surface area contributed by atoms with Crippen molar-refractivity contribution in [1.29, 1.82) is 0 Å². The molecule has 0 unspecified atom stereocenters. The van der Waals surface area contributed by atoms with Crippen molar-refractivity contribution in [3.05, 3.63) is 28.7 Å². The summed E-state index contributed by atoms with van der Waals surface area (Å²) < 4.78 is 6.61. The number of nitrogens with two attached hydrogens (primary N) is 1. The highest BCUT2D eigenvalue weighted by Crippen LogP contribution is 2.14. The lowest BCUT2D eigenvalue weighted by Gasteiger charge is -2.27. The van der Waals surface area contributed by atoms with Crippen molar-refractivity contribution in [2.45, 2.75) is 6.04 Å². The van der Waals surface area contributed by atoms with Gasteiger partial charge in [0.15, 0.2) is 0 Å². The summed E-state index contributed by atoms with van der Waals surface area (Å²) in [6, 6.07) is 3.56. The quantitative estimate of drug-likeness (QED) is 0.639. The number of rotatable bonds is 1. The van der Waals surface area contributed by atoms with Crippen molar-refractivity contribution in [1.82, 2.24) is 4.57 Å². The highest BCUT2D eigenvalue weighted by molar-refractivity contribution is 5.33. The Morgan fingerprint density at radius 3 is 2.92 bits per heavy atom. The fourth-order valence-electron chi connectivity index (χ4n) is 1.20. The molecule has 0 radical (unpaired) electrons. The molecule has 4 heteroatoms. The second-order valence-electron chi connectivity index (χ2n) is 2.87. The minimum atomic E-state index is -0.120. The van der Waals surface area contributed by atoms with Gasteiger partial charge in [-0.1, -0.05) is 0 Å². The Bertz CT molecular complexity index is 341. The first-order valence-electron chi connectivity index (χ1n) is 3.83. The summed E-state index contributed by atoms with van der Waals surface area (Å²) in [6.07, 6.45) is 1.74. The maximum absolute atomic E-state index is 11.4. The molecule has 0 bridgehead atoms. The molecule has 64 valence electrons. The number of pyridine rings is 1. The number of aromatic nitrogens is 1. The molecule has 2 N–H and O–H groups in total. The maximum atomic E-state index is 11.4. The Hall–Kier alpha value is -1.29. The van der Waals surface area contributed by atoms with Crippen molar-refractivity contribution in [3.8, 4) is 0 Å². The fourth-order valence-corrected chi connectivity index (χ4v) is 1.20. The van der Waals surface area contributed by atoms with Crippen molar-refractivity contribution >= 4 is 5.69 Å². The molecule has 1 aliphatic rings. The van der Waals surface area contributed by atoms with E-state index in [1.54, 1.807) is 22.9 Å². The van der Waals surface area contributed by atoms with Gasteiger partial charge in [-0.2, -0.15) is 0 Å². The zero-order chi connectivity index (χ0) is 8.55. The summed E-state index contributed by atoms with van der Waals surface area (Å²) in [5.74, 6) is 0. The van der Waals surface area contributed by atoms with Gasteiger partial charge in [-0.05, 0) is 12.1 Å². The van der Waals surface area contributed by atoms with Crippen LogP contribution < -0.4 is 11.3 Å². The van der Waals surface area contributed by atoms with Crippen LogP contribution in [0.2, 0.25) is 0 Å². The number of nitrogen functional groups attached to an aromatic ring is 1. The van der Waals surface area contributed by atoms with Crippen LogP contribution in [0.15, 0.2) is 23.1 Å². The second-order valence-corrected chi connectivity index (χ2v) is 2.87. The summed E-state index contributed by atoms with van der Waals surface area (Å²) >= 11 is 0. The standard InChI is InChI=1S/C8H10N2O2/c9-7-2-1-3-10(8(7)11)6-4-12-5-6/h1-3,6H,4-5,9H2. The largest absolute Gasteiger partial charge is 0.394 e. The van der Waals surface area contributed by atoms with E-state index in [2.05, 4.69) is 0 Å². The van der Waals surface area contributed by atoms with Gasteiger partial charge >= 0.3 is 0 Å². The predicted octanol–water partition coefficient (Wildman–Crippen LogP) is 0.00180. The zero-order valence-electron chi connectivity index (χ0n) is 6.56. The van der Waals surface area contributed by atoms with Gasteiger partial charge in [0.05, 0.1) is 24.9 Å². The van der Waals surface area contributed by atoms with Gasteiger partial charge in [-0.25, -0.2) is 0 Å². The van der Waals surface area contributed by atoms with Crippen molar-refractivity contribution < 1.29 is 4.74 Å². The molecule has 0 atom stereocenters. The zero-order valence-corrected chi connectivity index (χ0v) is 6.56. The first-order valence-corrected chi connectivity index (χ1v) is 3.83. The van der Waals surface area contributed by atoms with Crippen LogP contribution in [-0.2, 0) is 4.74 Å². The van der Waals surface area contributed by atoms with Crippen LogP contribution in [0.4, 0.5) is 5.69 Å². The number of nitrogens with zero attached hydrogens (tertiary/aromatic N) is 1. The van der Waals surface area contributed by atoms with Crippen LogP contribution in [0.3, 0.4) is 0 Å². The average Bonchev–Trinajstić information content (AvgIpc) is 1.95. The van der Waals surface area contributed by atoms with Crippen LogP contribution in [-0.4, -0.2) is 17.8 Å². The number of anilines is 1. The highest BCUT2D eigenvalue weighted by atomic mass is 16.5. The number of ether oxygens (including phenoxy) is 1. The average molecular weight is 166 g/mol. The van der Waals surface area contributed by atoms with Gasteiger partial charge < -0.3 is 15.0 Å². The summed E-state index contributed by atoms with van der Waals surface area (Å²) in [5, 5.41) is 0. The first-order chi connectivity index (χ1) is 5.79. The molecule has 2 heterocycles. The Labute approximate surface area is 69.6 Å². The molecule has 12 heavy (non-hydrogen) atoms. The van der Waals surface area contributed by atoms with Gasteiger partial charge in [0.25, 0.3) is 5.56 Å². The van der Waals surface area contributed by atoms with Gasteiger partial charge in [0.2, 0.25) is 0 Å². The fraction of sp³-hybridized carbons (Fsp3) is 0.375. The van der Waals surface area contributed by atoms with Crippen LogP contribution in [0.5, 0.6) is 0 Å². The molecule has 1 fully saturated rings. The Morgan fingerprint density at radius 1 is 1.58 bits per heavy atom. The number of hydrogen-bond acceptors (Lipinski definition) is 3. The second kappa shape index (κ2) is 2.64.